The van der Waals surface area contributed by atoms with Crippen molar-refractivity contribution < 1.29 is 9.21 Å². The molecular formula is C12H17NO2. The van der Waals surface area contributed by atoms with Gasteiger partial charge in [0.15, 0.2) is 0 Å². The van der Waals surface area contributed by atoms with Gasteiger partial charge in [-0.05, 0) is 24.5 Å². The molecule has 0 N–H and O–H groups in total. The molecule has 0 aliphatic heterocycles. The van der Waals surface area contributed by atoms with E-state index in [1.54, 1.807) is 18.9 Å². The molecule has 1 aliphatic carbocycles. The second-order valence-electron chi connectivity index (χ2n) is 4.50. The van der Waals surface area contributed by atoms with E-state index in [9.17, 15) is 4.79 Å². The maximum atomic E-state index is 11.0. The molecule has 0 saturated heterocycles. The third-order valence-corrected chi connectivity index (χ3v) is 3.09. The van der Waals surface area contributed by atoms with E-state index in [-0.39, 0.29) is 5.91 Å². The van der Waals surface area contributed by atoms with Crippen molar-refractivity contribution in [1.29, 1.82) is 0 Å². The Labute approximate surface area is 90.1 Å². The van der Waals surface area contributed by atoms with Crippen LogP contribution in [0.5, 0.6) is 0 Å². The lowest BCUT2D eigenvalue weighted by Gasteiger charge is -2.12. The summed E-state index contributed by atoms with van der Waals surface area (Å²) in [5, 5.41) is 0. The van der Waals surface area contributed by atoms with Crippen LogP contribution in [-0.2, 0) is 11.3 Å². The lowest BCUT2D eigenvalue weighted by molar-refractivity contribution is -0.128. The molecule has 1 saturated carbocycles. The minimum Gasteiger partial charge on any atom is -0.464 e. The van der Waals surface area contributed by atoms with Gasteiger partial charge in [-0.25, -0.2) is 0 Å². The average molecular weight is 207 g/mol. The van der Waals surface area contributed by atoms with Gasteiger partial charge in [-0.1, -0.05) is 6.92 Å². The van der Waals surface area contributed by atoms with Crippen molar-refractivity contribution in [2.45, 2.75) is 32.7 Å². The molecule has 1 aromatic rings. The van der Waals surface area contributed by atoms with Crippen LogP contribution in [0, 0.1) is 5.92 Å². The summed E-state index contributed by atoms with van der Waals surface area (Å²) in [5.74, 6) is 3.39. The summed E-state index contributed by atoms with van der Waals surface area (Å²) in [6, 6.07) is 4.01. The minimum absolute atomic E-state index is 0.0627. The molecule has 0 spiro atoms. The summed E-state index contributed by atoms with van der Waals surface area (Å²) in [7, 11) is 1.78. The fourth-order valence-corrected chi connectivity index (χ4v) is 1.74. The zero-order valence-electron chi connectivity index (χ0n) is 9.49. The molecule has 0 aromatic carbocycles. The van der Waals surface area contributed by atoms with Crippen LogP contribution in [-0.4, -0.2) is 17.9 Å². The van der Waals surface area contributed by atoms with E-state index < -0.39 is 0 Å². The molecule has 3 nitrogen and oxygen atoms in total. The van der Waals surface area contributed by atoms with Crippen LogP contribution in [0.25, 0.3) is 0 Å². The first-order chi connectivity index (χ1) is 7.08. The van der Waals surface area contributed by atoms with Gasteiger partial charge in [-0.2, -0.15) is 0 Å². The average Bonchev–Trinajstić information content (AvgIpc) is 2.73. The number of rotatable bonds is 3. The Morgan fingerprint density at radius 3 is 2.80 bits per heavy atom. The van der Waals surface area contributed by atoms with Crippen LogP contribution >= 0.6 is 0 Å². The van der Waals surface area contributed by atoms with Gasteiger partial charge in [0.05, 0.1) is 6.54 Å². The molecular weight excluding hydrogens is 190 g/mol. The number of furan rings is 1. The fourth-order valence-electron chi connectivity index (χ4n) is 1.74. The van der Waals surface area contributed by atoms with Crippen molar-refractivity contribution in [2.24, 2.45) is 5.92 Å². The quantitative estimate of drug-likeness (QED) is 0.762. The summed E-state index contributed by atoms with van der Waals surface area (Å²) >= 11 is 0. The number of hydrogen-bond acceptors (Lipinski definition) is 2. The fraction of sp³-hybridized carbons (Fsp3) is 0.583. The first-order valence-electron chi connectivity index (χ1n) is 5.38. The zero-order valence-corrected chi connectivity index (χ0v) is 9.49. The lowest BCUT2D eigenvalue weighted by Crippen LogP contribution is -2.22. The van der Waals surface area contributed by atoms with Gasteiger partial charge in [0.2, 0.25) is 5.91 Å². The first-order valence-corrected chi connectivity index (χ1v) is 5.38. The van der Waals surface area contributed by atoms with Gasteiger partial charge >= 0.3 is 0 Å². The van der Waals surface area contributed by atoms with Gasteiger partial charge in [0, 0.05) is 19.9 Å². The second kappa shape index (κ2) is 3.72. The van der Waals surface area contributed by atoms with Crippen LogP contribution in [0.1, 0.15) is 37.7 Å². The highest BCUT2D eigenvalue weighted by Gasteiger charge is 2.36. The van der Waals surface area contributed by atoms with E-state index in [4.69, 9.17) is 4.42 Å². The van der Waals surface area contributed by atoms with Crippen LogP contribution in [0.3, 0.4) is 0 Å². The highest BCUT2D eigenvalue weighted by Crippen LogP contribution is 2.47. The number of carbonyl (C=O) groups excluding carboxylic acids is 1. The molecule has 2 rings (SSSR count). The highest BCUT2D eigenvalue weighted by atomic mass is 16.3. The maximum Gasteiger partial charge on any atom is 0.219 e. The predicted octanol–water partition coefficient (Wildman–Crippen LogP) is 2.38. The summed E-state index contributed by atoms with van der Waals surface area (Å²) in [6.45, 7) is 4.36. The number of hydrogen-bond donors (Lipinski definition) is 0. The zero-order chi connectivity index (χ0) is 11.0. The van der Waals surface area contributed by atoms with Gasteiger partial charge in [-0.3, -0.25) is 4.79 Å². The van der Waals surface area contributed by atoms with E-state index in [1.165, 1.54) is 6.42 Å². The molecule has 3 heteroatoms. The van der Waals surface area contributed by atoms with Crippen molar-refractivity contribution in [3.8, 4) is 0 Å². The van der Waals surface area contributed by atoms with Crippen LogP contribution < -0.4 is 0 Å². The Morgan fingerprint density at radius 2 is 2.27 bits per heavy atom. The van der Waals surface area contributed by atoms with E-state index in [1.807, 2.05) is 12.1 Å². The molecule has 1 aromatic heterocycles. The van der Waals surface area contributed by atoms with Crippen molar-refractivity contribution >= 4 is 5.91 Å². The highest BCUT2D eigenvalue weighted by molar-refractivity contribution is 5.72. The van der Waals surface area contributed by atoms with Crippen molar-refractivity contribution in [1.82, 2.24) is 4.90 Å². The molecule has 82 valence electrons. The minimum atomic E-state index is 0.0627. The Morgan fingerprint density at radius 1 is 1.60 bits per heavy atom. The first kappa shape index (κ1) is 10.3. The van der Waals surface area contributed by atoms with Crippen molar-refractivity contribution in [3.05, 3.63) is 23.7 Å². The molecule has 0 radical (unpaired) electrons. The topological polar surface area (TPSA) is 33.5 Å². The number of nitrogens with zero attached hydrogens (tertiary/aromatic N) is 1. The Hall–Kier alpha value is -1.25. The number of carbonyl (C=O) groups is 1. The Kier molecular flexibility index (Phi) is 2.55. The van der Waals surface area contributed by atoms with E-state index in [2.05, 4.69) is 6.92 Å². The maximum absolute atomic E-state index is 11.0. The molecule has 1 amide bonds. The molecule has 2 atom stereocenters. The molecule has 1 heterocycles. The van der Waals surface area contributed by atoms with Crippen LogP contribution in [0.15, 0.2) is 16.5 Å². The SMILES string of the molecule is CC(=O)N(C)Cc1ccc([C@@H]2C[C@H]2C)o1. The third-order valence-electron chi connectivity index (χ3n) is 3.09. The summed E-state index contributed by atoms with van der Waals surface area (Å²) in [5.41, 5.74) is 0. The second-order valence-corrected chi connectivity index (χ2v) is 4.50. The van der Waals surface area contributed by atoms with Crippen LogP contribution in [0.4, 0.5) is 0 Å². The summed E-state index contributed by atoms with van der Waals surface area (Å²) in [4.78, 5) is 12.7. The Balaban J connectivity index is 1.98. The molecule has 1 fully saturated rings. The van der Waals surface area contributed by atoms with Crippen molar-refractivity contribution in [3.63, 3.8) is 0 Å². The van der Waals surface area contributed by atoms with E-state index in [0.29, 0.717) is 12.5 Å². The summed E-state index contributed by atoms with van der Waals surface area (Å²) < 4.78 is 5.70. The molecule has 15 heavy (non-hydrogen) atoms. The van der Waals surface area contributed by atoms with Gasteiger partial charge in [0.25, 0.3) is 0 Å². The van der Waals surface area contributed by atoms with Gasteiger partial charge in [0.1, 0.15) is 11.5 Å². The van der Waals surface area contributed by atoms with E-state index >= 15 is 0 Å². The predicted molar refractivity (Wildman–Crippen MR) is 57.4 cm³/mol. The van der Waals surface area contributed by atoms with Gasteiger partial charge < -0.3 is 9.32 Å². The number of amides is 1. The largest absolute Gasteiger partial charge is 0.464 e. The Bertz CT molecular complexity index is 369. The monoisotopic (exact) mass is 207 g/mol. The van der Waals surface area contributed by atoms with E-state index in [0.717, 1.165) is 17.4 Å². The molecule has 0 unspecified atom stereocenters. The lowest BCUT2D eigenvalue weighted by atomic mass is 10.3. The third kappa shape index (κ3) is 2.22. The van der Waals surface area contributed by atoms with Crippen LogP contribution in [0.2, 0.25) is 0 Å². The smallest absolute Gasteiger partial charge is 0.219 e. The standard InChI is InChI=1S/C12H17NO2/c1-8-6-11(8)12-5-4-10(15-12)7-13(3)9(2)14/h4-5,8,11H,6-7H2,1-3H3/t8-,11-/m1/s1. The summed E-state index contributed by atoms with van der Waals surface area (Å²) in [6.07, 6.45) is 1.23. The van der Waals surface area contributed by atoms with Gasteiger partial charge in [-0.15, -0.1) is 0 Å². The normalized spacial score (nSPS) is 23.9. The molecule has 1 aliphatic rings. The molecule has 0 bridgehead atoms. The van der Waals surface area contributed by atoms with Crippen molar-refractivity contribution in [2.75, 3.05) is 7.05 Å².